The summed E-state index contributed by atoms with van der Waals surface area (Å²) in [5.41, 5.74) is 10.5. The molecule has 0 radical (unpaired) electrons. The van der Waals surface area contributed by atoms with E-state index in [2.05, 4.69) is 35.0 Å². The van der Waals surface area contributed by atoms with Crippen LogP contribution in [-0.2, 0) is 32.2 Å². The van der Waals surface area contributed by atoms with Crippen LogP contribution in [0.1, 0.15) is 12.5 Å². The number of nitrogens with zero attached hydrogens (tertiary/aromatic N) is 7. The van der Waals surface area contributed by atoms with Gasteiger partial charge in [-0.25, -0.2) is 42.9 Å². The summed E-state index contributed by atoms with van der Waals surface area (Å²) < 4.78 is 86.8. The molecule has 3 aliphatic heterocycles. The van der Waals surface area contributed by atoms with Crippen molar-refractivity contribution >= 4 is 49.7 Å². The Morgan fingerprint density at radius 2 is 1.56 bits per heavy atom. The Kier molecular flexibility index (Phi) is 7.24. The lowest BCUT2D eigenvalue weighted by molar-refractivity contribution is -0.0512. The van der Waals surface area contributed by atoms with Gasteiger partial charge in [0.15, 0.2) is 47.4 Å². The lowest BCUT2D eigenvalue weighted by Gasteiger charge is -2.27. The molecule has 10 atom stereocenters. The second kappa shape index (κ2) is 10.8. The van der Waals surface area contributed by atoms with E-state index in [9.17, 15) is 23.7 Å². The number of nitrogen functional groups attached to an aromatic ring is 2. The van der Waals surface area contributed by atoms with Crippen molar-refractivity contribution in [1.29, 1.82) is 0 Å². The van der Waals surface area contributed by atoms with E-state index < -0.39 is 83.5 Å². The maximum atomic E-state index is 15.9. The van der Waals surface area contributed by atoms with Crippen LogP contribution in [0.5, 0.6) is 0 Å². The van der Waals surface area contributed by atoms with Gasteiger partial charge in [-0.05, 0) is 0 Å². The molecule has 0 spiro atoms. The van der Waals surface area contributed by atoms with Crippen LogP contribution >= 0.6 is 15.6 Å². The maximum absolute atomic E-state index is 15.9. The minimum Gasteiger partial charge on any atom is -0.382 e. The first kappa shape index (κ1) is 30.2. The van der Waals surface area contributed by atoms with Gasteiger partial charge in [0.2, 0.25) is 5.95 Å². The van der Waals surface area contributed by atoms with E-state index in [-0.39, 0.29) is 34.1 Å². The molecule has 0 amide bonds. The second-order valence-electron chi connectivity index (χ2n) is 10.2. The molecule has 0 bridgehead atoms. The fraction of sp³-hybridized carbons (Fsp3) is 0.500. The summed E-state index contributed by atoms with van der Waals surface area (Å²) in [6, 6.07) is 0. The summed E-state index contributed by atoms with van der Waals surface area (Å²) >= 11 is 0. The Morgan fingerprint density at radius 1 is 0.911 bits per heavy atom. The van der Waals surface area contributed by atoms with Crippen molar-refractivity contribution in [3.05, 3.63) is 29.3 Å². The zero-order chi connectivity index (χ0) is 31.8. The SMILES string of the molecule is Nc1nc2c(ncn2C2OC3COP(=O)(O)OC4C(CNP(=O)(O)OC3C2F)OC(n2cnc3c(N)ncnc32)C4F)c(=O)[nH]1. The van der Waals surface area contributed by atoms with Crippen LogP contribution in [-0.4, -0.2) is 98.7 Å². The van der Waals surface area contributed by atoms with Gasteiger partial charge in [0.1, 0.15) is 36.3 Å². The molecule has 3 fully saturated rings. The summed E-state index contributed by atoms with van der Waals surface area (Å²) in [4.78, 5) is 55.2. The number of rotatable bonds is 2. The largest absolute Gasteiger partial charge is 0.472 e. The number of aromatic nitrogens is 8. The average Bonchev–Trinajstić information content (AvgIpc) is 3.72. The van der Waals surface area contributed by atoms with E-state index in [1.54, 1.807) is 0 Å². The van der Waals surface area contributed by atoms with E-state index >= 15 is 8.78 Å². The minimum atomic E-state index is -5.14. The summed E-state index contributed by atoms with van der Waals surface area (Å²) in [5, 5.41) is 2.15. The number of alkyl halides is 2. The molecular weight excluding hydrogens is 654 g/mol. The lowest BCUT2D eigenvalue weighted by Crippen LogP contribution is -2.40. The molecule has 25 heteroatoms. The van der Waals surface area contributed by atoms with Crippen molar-refractivity contribution in [1.82, 2.24) is 44.1 Å². The molecule has 8 N–H and O–H groups in total. The molecule has 7 heterocycles. The smallest absolute Gasteiger partial charge is 0.382 e. The van der Waals surface area contributed by atoms with Crippen molar-refractivity contribution in [3.63, 3.8) is 0 Å². The van der Waals surface area contributed by atoms with Crippen LogP contribution in [0.25, 0.3) is 22.3 Å². The third-order valence-corrected chi connectivity index (χ3v) is 9.43. The molecule has 0 aliphatic carbocycles. The van der Waals surface area contributed by atoms with Gasteiger partial charge < -0.3 is 30.7 Å². The Labute approximate surface area is 248 Å². The van der Waals surface area contributed by atoms with Crippen LogP contribution in [0.3, 0.4) is 0 Å². The van der Waals surface area contributed by atoms with Crippen molar-refractivity contribution < 1.29 is 50.7 Å². The Bertz CT molecular complexity index is 1940. The summed E-state index contributed by atoms with van der Waals surface area (Å²) in [7, 11) is -10.1. The fourth-order valence-corrected chi connectivity index (χ4v) is 7.35. The number of H-pyrrole nitrogens is 1. The second-order valence-corrected chi connectivity index (χ2v) is 13.1. The molecule has 0 aromatic carbocycles. The predicted octanol–water partition coefficient (Wildman–Crippen LogP) is -0.814. The highest BCUT2D eigenvalue weighted by Crippen LogP contribution is 2.52. The number of phosphoric acid groups is 1. The van der Waals surface area contributed by atoms with E-state index in [1.165, 1.54) is 0 Å². The van der Waals surface area contributed by atoms with Crippen molar-refractivity contribution in [2.75, 3.05) is 24.6 Å². The van der Waals surface area contributed by atoms with Gasteiger partial charge in [0.25, 0.3) is 5.56 Å². The average molecular weight is 677 g/mol. The number of halogens is 2. The molecule has 45 heavy (non-hydrogen) atoms. The first-order chi connectivity index (χ1) is 21.3. The van der Waals surface area contributed by atoms with E-state index in [0.29, 0.717) is 0 Å². The molecule has 7 rings (SSSR count). The first-order valence-electron chi connectivity index (χ1n) is 13.0. The zero-order valence-corrected chi connectivity index (χ0v) is 24.1. The quantitative estimate of drug-likeness (QED) is 0.141. The molecular formula is C20H23F2N11O10P2. The monoisotopic (exact) mass is 677 g/mol. The number of phosphoric ester groups is 1. The minimum absolute atomic E-state index is 0.000331. The normalized spacial score (nSPS) is 37.7. The highest BCUT2D eigenvalue weighted by Gasteiger charge is 2.54. The predicted molar refractivity (Wildman–Crippen MR) is 143 cm³/mol. The number of nitrogens with two attached hydrogens (primary N) is 2. The number of imidazole rings is 2. The number of hydrogen-bond acceptors (Lipinski definition) is 15. The molecule has 4 aromatic rings. The third-order valence-electron chi connectivity index (χ3n) is 7.33. The van der Waals surface area contributed by atoms with Crippen LogP contribution in [0.15, 0.2) is 23.8 Å². The van der Waals surface area contributed by atoms with Crippen molar-refractivity contribution in [2.24, 2.45) is 0 Å². The number of fused-ring (bicyclic) bond motifs is 4. The van der Waals surface area contributed by atoms with Crippen LogP contribution < -0.4 is 22.1 Å². The molecule has 10 unspecified atom stereocenters. The summed E-state index contributed by atoms with van der Waals surface area (Å²) in [6.45, 7) is -1.62. The van der Waals surface area contributed by atoms with Gasteiger partial charge in [-0.15, -0.1) is 0 Å². The van der Waals surface area contributed by atoms with Crippen LogP contribution in [0, 0.1) is 0 Å². The lowest BCUT2D eigenvalue weighted by atomic mass is 10.1. The van der Waals surface area contributed by atoms with E-state index in [0.717, 1.165) is 28.1 Å². The Hall–Kier alpha value is -3.50. The molecule has 3 aliphatic rings. The number of hydrogen-bond donors (Lipinski definition) is 6. The van der Waals surface area contributed by atoms with E-state index in [4.69, 9.17) is 34.5 Å². The van der Waals surface area contributed by atoms with Crippen molar-refractivity contribution in [3.8, 4) is 0 Å². The molecule has 242 valence electrons. The summed E-state index contributed by atoms with van der Waals surface area (Å²) in [5.74, 6) is -0.310. The van der Waals surface area contributed by atoms with Gasteiger partial charge in [-0.3, -0.25) is 32.5 Å². The number of ether oxygens (including phenoxy) is 2. The standard InChI is InChI=1S/C20H23F2N11O10P2/c21-8-12-6(40-18(8)32-4-27-10-14(23)25-3-26-15(10)32)1-29-44(35,36)42-13-7(2-39-45(37,38)43-12)41-19(9(13)22)33-5-28-11-16(33)30-20(24)31-17(11)34/h3-9,12-13,18-19H,1-2H2,(H,37,38)(H2,23,25,26)(H2,29,35,36)(H3,24,30,31,34). The molecule has 0 saturated carbocycles. The fourth-order valence-electron chi connectivity index (χ4n) is 5.33. The highest BCUT2D eigenvalue weighted by atomic mass is 31.2. The van der Waals surface area contributed by atoms with Gasteiger partial charge in [0.05, 0.1) is 19.3 Å². The van der Waals surface area contributed by atoms with Crippen molar-refractivity contribution in [2.45, 2.75) is 49.2 Å². The third kappa shape index (κ3) is 5.29. The number of nitrogens with one attached hydrogen (secondary N) is 2. The number of anilines is 2. The Morgan fingerprint density at radius 3 is 2.29 bits per heavy atom. The van der Waals surface area contributed by atoms with Crippen LogP contribution in [0.4, 0.5) is 20.5 Å². The summed E-state index contributed by atoms with van der Waals surface area (Å²) in [6.07, 6.45) is -11.2. The van der Waals surface area contributed by atoms with Crippen LogP contribution in [0.2, 0.25) is 0 Å². The van der Waals surface area contributed by atoms with E-state index in [1.807, 2.05) is 0 Å². The highest BCUT2D eigenvalue weighted by molar-refractivity contribution is 7.50. The van der Waals surface area contributed by atoms with Gasteiger partial charge in [0, 0.05) is 6.54 Å². The molecule has 4 aromatic heterocycles. The number of aromatic amines is 1. The van der Waals surface area contributed by atoms with Gasteiger partial charge in [-0.2, -0.15) is 4.98 Å². The first-order valence-corrected chi connectivity index (χ1v) is 16.1. The Balaban J connectivity index is 1.17. The zero-order valence-electron chi connectivity index (χ0n) is 22.4. The maximum Gasteiger partial charge on any atom is 0.472 e. The topological polar surface area (TPSA) is 292 Å². The molecule has 3 saturated heterocycles. The van der Waals surface area contributed by atoms with Gasteiger partial charge in [-0.1, -0.05) is 0 Å². The van der Waals surface area contributed by atoms with Gasteiger partial charge >= 0.3 is 15.6 Å². The molecule has 21 nitrogen and oxygen atoms in total.